The average molecular weight is 291 g/mol. The third-order valence-electron chi connectivity index (χ3n) is 3.74. The van der Waals surface area contributed by atoms with E-state index in [4.69, 9.17) is 12.2 Å². The highest BCUT2D eigenvalue weighted by Crippen LogP contribution is 2.19. The Morgan fingerprint density at radius 1 is 1.20 bits per heavy atom. The van der Waals surface area contributed by atoms with Crippen LogP contribution in [0.1, 0.15) is 32.3 Å². The second-order valence-electron chi connectivity index (χ2n) is 5.42. The number of thiocarbonyl (C=S) groups is 1. The predicted molar refractivity (Wildman–Crippen MR) is 90.2 cm³/mol. The molecule has 1 N–H and O–H groups in total. The summed E-state index contributed by atoms with van der Waals surface area (Å²) in [6.07, 6.45) is 2.51. The Hall–Kier alpha value is -1.29. The molecule has 110 valence electrons. The van der Waals surface area contributed by atoms with Crippen LogP contribution in [-0.2, 0) is 6.54 Å². The zero-order valence-electron chi connectivity index (χ0n) is 12.7. The maximum Gasteiger partial charge on any atom is 0.169 e. The van der Waals surface area contributed by atoms with Gasteiger partial charge in [0.25, 0.3) is 0 Å². The van der Waals surface area contributed by atoms with Crippen LogP contribution in [0.25, 0.3) is 0 Å². The van der Waals surface area contributed by atoms with Crippen molar-refractivity contribution in [3.63, 3.8) is 0 Å². The van der Waals surface area contributed by atoms with E-state index in [1.54, 1.807) is 0 Å². The molecule has 1 aromatic carbocycles. The van der Waals surface area contributed by atoms with Crippen LogP contribution < -0.4 is 10.2 Å². The fourth-order valence-corrected chi connectivity index (χ4v) is 2.49. The summed E-state index contributed by atoms with van der Waals surface area (Å²) in [5, 5.41) is 4.23. The number of hydrogen-bond donors (Lipinski definition) is 1. The normalized spacial score (nSPS) is 13.9. The second-order valence-corrected chi connectivity index (χ2v) is 5.81. The number of benzene rings is 1. The Bertz CT molecular complexity index is 436. The average Bonchev–Trinajstić information content (AvgIpc) is 3.26. The van der Waals surface area contributed by atoms with Crippen LogP contribution in [0.5, 0.6) is 0 Å². The molecule has 0 bridgehead atoms. The van der Waals surface area contributed by atoms with Crippen molar-refractivity contribution >= 4 is 23.0 Å². The van der Waals surface area contributed by atoms with Gasteiger partial charge < -0.3 is 15.1 Å². The van der Waals surface area contributed by atoms with Crippen molar-refractivity contribution in [2.45, 2.75) is 39.3 Å². The first kappa shape index (κ1) is 15.1. The standard InChI is InChI=1S/C16H25N3S/c1-4-19(5-2)15-10-6-13(7-11-15)12-18(3)16(20)17-14-8-9-14/h6-7,10-11,14H,4-5,8-9,12H2,1-3H3,(H,17,20). The molecule has 20 heavy (non-hydrogen) atoms. The summed E-state index contributed by atoms with van der Waals surface area (Å²) in [7, 11) is 2.05. The minimum atomic E-state index is 0.620. The highest BCUT2D eigenvalue weighted by Gasteiger charge is 2.22. The molecule has 0 saturated heterocycles. The number of nitrogens with one attached hydrogen (secondary N) is 1. The molecular formula is C16H25N3S. The summed E-state index contributed by atoms with van der Waals surface area (Å²) in [5.74, 6) is 0. The van der Waals surface area contributed by atoms with Gasteiger partial charge in [-0.3, -0.25) is 0 Å². The van der Waals surface area contributed by atoms with Gasteiger partial charge >= 0.3 is 0 Å². The van der Waals surface area contributed by atoms with E-state index in [1.807, 2.05) is 0 Å². The Kier molecular flexibility index (Phi) is 5.24. The van der Waals surface area contributed by atoms with Crippen molar-refractivity contribution < 1.29 is 0 Å². The Balaban J connectivity index is 1.90. The molecule has 0 unspecified atom stereocenters. The van der Waals surface area contributed by atoms with Gasteiger partial charge in [-0.05, 0) is 56.6 Å². The van der Waals surface area contributed by atoms with Gasteiger partial charge in [-0.2, -0.15) is 0 Å². The maximum atomic E-state index is 5.40. The summed E-state index contributed by atoms with van der Waals surface area (Å²) < 4.78 is 0. The molecule has 0 aliphatic heterocycles. The van der Waals surface area contributed by atoms with E-state index in [9.17, 15) is 0 Å². The van der Waals surface area contributed by atoms with Gasteiger partial charge in [-0.25, -0.2) is 0 Å². The predicted octanol–water partition coefficient (Wildman–Crippen LogP) is 3.00. The highest BCUT2D eigenvalue weighted by molar-refractivity contribution is 7.80. The largest absolute Gasteiger partial charge is 0.372 e. The molecule has 0 radical (unpaired) electrons. The van der Waals surface area contributed by atoms with Gasteiger partial charge in [0.15, 0.2) is 5.11 Å². The zero-order valence-corrected chi connectivity index (χ0v) is 13.5. The van der Waals surface area contributed by atoms with Gasteiger partial charge in [-0.1, -0.05) is 12.1 Å². The third-order valence-corrected chi connectivity index (χ3v) is 4.17. The van der Waals surface area contributed by atoms with E-state index in [0.29, 0.717) is 6.04 Å². The molecule has 0 amide bonds. The quantitative estimate of drug-likeness (QED) is 0.812. The lowest BCUT2D eigenvalue weighted by atomic mass is 10.2. The minimum absolute atomic E-state index is 0.620. The maximum absolute atomic E-state index is 5.40. The molecule has 0 heterocycles. The molecule has 0 aromatic heterocycles. The van der Waals surface area contributed by atoms with Crippen LogP contribution in [0.3, 0.4) is 0 Å². The first-order chi connectivity index (χ1) is 9.63. The topological polar surface area (TPSA) is 18.5 Å². The van der Waals surface area contributed by atoms with Crippen molar-refractivity contribution in [3.05, 3.63) is 29.8 Å². The lowest BCUT2D eigenvalue weighted by Gasteiger charge is -2.23. The summed E-state index contributed by atoms with van der Waals surface area (Å²) >= 11 is 5.40. The first-order valence-corrected chi connectivity index (χ1v) is 7.90. The van der Waals surface area contributed by atoms with Gasteiger partial charge in [0, 0.05) is 38.4 Å². The van der Waals surface area contributed by atoms with Gasteiger partial charge in [0.1, 0.15) is 0 Å². The molecular weight excluding hydrogens is 266 g/mol. The van der Waals surface area contributed by atoms with Crippen LogP contribution in [-0.4, -0.2) is 36.2 Å². The van der Waals surface area contributed by atoms with Crippen LogP contribution >= 0.6 is 12.2 Å². The van der Waals surface area contributed by atoms with Crippen molar-refractivity contribution in [1.29, 1.82) is 0 Å². The Labute approximate surface area is 128 Å². The molecule has 1 aliphatic carbocycles. The van der Waals surface area contributed by atoms with Crippen LogP contribution in [0.15, 0.2) is 24.3 Å². The third kappa shape index (κ3) is 4.10. The van der Waals surface area contributed by atoms with E-state index < -0.39 is 0 Å². The van der Waals surface area contributed by atoms with E-state index >= 15 is 0 Å². The van der Waals surface area contributed by atoms with Gasteiger partial charge in [0.05, 0.1) is 0 Å². The second kappa shape index (κ2) is 6.93. The summed E-state index contributed by atoms with van der Waals surface area (Å²) in [4.78, 5) is 4.47. The van der Waals surface area contributed by atoms with E-state index in [0.717, 1.165) is 24.7 Å². The van der Waals surface area contributed by atoms with Gasteiger partial charge in [-0.15, -0.1) is 0 Å². The molecule has 0 atom stereocenters. The summed E-state index contributed by atoms with van der Waals surface area (Å²) in [5.41, 5.74) is 2.59. The van der Waals surface area contributed by atoms with Crippen LogP contribution in [0, 0.1) is 0 Å². The molecule has 1 fully saturated rings. The van der Waals surface area contributed by atoms with E-state index in [1.165, 1.54) is 24.1 Å². The van der Waals surface area contributed by atoms with Crippen molar-refractivity contribution in [1.82, 2.24) is 10.2 Å². The number of anilines is 1. The van der Waals surface area contributed by atoms with Gasteiger partial charge in [0.2, 0.25) is 0 Å². The Morgan fingerprint density at radius 2 is 1.80 bits per heavy atom. The first-order valence-electron chi connectivity index (χ1n) is 7.49. The molecule has 1 saturated carbocycles. The van der Waals surface area contributed by atoms with Crippen molar-refractivity contribution in [2.24, 2.45) is 0 Å². The molecule has 3 nitrogen and oxygen atoms in total. The fourth-order valence-electron chi connectivity index (χ4n) is 2.26. The highest BCUT2D eigenvalue weighted by atomic mass is 32.1. The SMILES string of the molecule is CCN(CC)c1ccc(CN(C)C(=S)NC2CC2)cc1. The number of rotatable bonds is 6. The van der Waals surface area contributed by atoms with Crippen LogP contribution in [0.4, 0.5) is 5.69 Å². The van der Waals surface area contributed by atoms with Crippen molar-refractivity contribution in [2.75, 3.05) is 25.0 Å². The lowest BCUT2D eigenvalue weighted by molar-refractivity contribution is 0.488. The van der Waals surface area contributed by atoms with Crippen LogP contribution in [0.2, 0.25) is 0 Å². The lowest BCUT2D eigenvalue weighted by Crippen LogP contribution is -2.37. The molecule has 1 aliphatic rings. The van der Waals surface area contributed by atoms with E-state index in [2.05, 4.69) is 60.3 Å². The van der Waals surface area contributed by atoms with Crippen molar-refractivity contribution in [3.8, 4) is 0 Å². The molecule has 2 rings (SSSR count). The smallest absolute Gasteiger partial charge is 0.169 e. The molecule has 0 spiro atoms. The number of hydrogen-bond acceptors (Lipinski definition) is 2. The molecule has 4 heteroatoms. The monoisotopic (exact) mass is 291 g/mol. The molecule has 1 aromatic rings. The summed E-state index contributed by atoms with van der Waals surface area (Å²) in [6.45, 7) is 7.33. The zero-order chi connectivity index (χ0) is 14.5. The Morgan fingerprint density at radius 3 is 2.30 bits per heavy atom. The minimum Gasteiger partial charge on any atom is -0.372 e. The number of nitrogens with zero attached hydrogens (tertiary/aromatic N) is 2. The van der Waals surface area contributed by atoms with E-state index in [-0.39, 0.29) is 0 Å². The fraction of sp³-hybridized carbons (Fsp3) is 0.562. The summed E-state index contributed by atoms with van der Waals surface area (Å²) in [6, 6.07) is 9.42.